The summed E-state index contributed by atoms with van der Waals surface area (Å²) in [5.74, 6) is 0. The first-order chi connectivity index (χ1) is 7.95. The highest BCUT2D eigenvalue weighted by atomic mass is 32.2. The Hall–Kier alpha value is -0.130. The Morgan fingerprint density at radius 1 is 1.18 bits per heavy atom. The topological polar surface area (TPSA) is 49.4 Å². The van der Waals surface area contributed by atoms with Crippen molar-refractivity contribution in [3.63, 3.8) is 0 Å². The van der Waals surface area contributed by atoms with Gasteiger partial charge in [0.15, 0.2) is 0 Å². The molecule has 100 valence electrons. The third kappa shape index (κ3) is 2.51. The van der Waals surface area contributed by atoms with Gasteiger partial charge in [-0.25, -0.2) is 8.42 Å². The summed E-state index contributed by atoms with van der Waals surface area (Å²) in [4.78, 5) is 0. The molecule has 1 N–H and O–H groups in total. The van der Waals surface area contributed by atoms with Crippen molar-refractivity contribution in [1.29, 1.82) is 0 Å². The summed E-state index contributed by atoms with van der Waals surface area (Å²) in [5.41, 5.74) is 0. The molecule has 0 atom stereocenters. The molecule has 2 fully saturated rings. The number of hydrogen-bond acceptors (Lipinski definition) is 3. The lowest BCUT2D eigenvalue weighted by Crippen LogP contribution is -2.50. The van der Waals surface area contributed by atoms with Gasteiger partial charge in [0.1, 0.15) is 0 Å². The normalized spacial score (nSPS) is 30.9. The highest BCUT2D eigenvalue weighted by Gasteiger charge is 2.43. The van der Waals surface area contributed by atoms with Crippen molar-refractivity contribution in [1.82, 2.24) is 9.62 Å². The Morgan fingerprint density at radius 2 is 1.82 bits per heavy atom. The quantitative estimate of drug-likeness (QED) is 0.774. The first-order valence-electron chi connectivity index (χ1n) is 6.67. The number of hydrogen-bond donors (Lipinski definition) is 1. The Balaban J connectivity index is 2.24. The fourth-order valence-electron chi connectivity index (χ4n) is 2.86. The van der Waals surface area contributed by atoms with Crippen LogP contribution in [0.3, 0.4) is 0 Å². The lowest BCUT2D eigenvalue weighted by molar-refractivity contribution is 0.255. The van der Waals surface area contributed by atoms with Crippen molar-refractivity contribution in [3.05, 3.63) is 0 Å². The van der Waals surface area contributed by atoms with Crippen molar-refractivity contribution >= 4 is 10.0 Å². The van der Waals surface area contributed by atoms with Crippen molar-refractivity contribution in [2.75, 3.05) is 19.6 Å². The van der Waals surface area contributed by atoms with E-state index in [1.165, 1.54) is 19.3 Å². The van der Waals surface area contributed by atoms with Crippen molar-refractivity contribution in [2.45, 2.75) is 56.7 Å². The molecular weight excluding hydrogens is 236 g/mol. The predicted octanol–water partition coefficient (Wildman–Crippen LogP) is 1.33. The summed E-state index contributed by atoms with van der Waals surface area (Å²) in [6.07, 6.45) is 5.67. The summed E-state index contributed by atoms with van der Waals surface area (Å²) in [6.45, 7) is 5.63. The van der Waals surface area contributed by atoms with Gasteiger partial charge in [-0.2, -0.15) is 4.31 Å². The van der Waals surface area contributed by atoms with E-state index < -0.39 is 14.8 Å². The van der Waals surface area contributed by atoms with E-state index in [1.807, 2.05) is 13.8 Å². The van der Waals surface area contributed by atoms with E-state index in [2.05, 4.69) is 5.32 Å². The molecule has 0 aromatic heterocycles. The molecule has 0 aromatic rings. The van der Waals surface area contributed by atoms with Crippen LogP contribution in [0.25, 0.3) is 0 Å². The number of nitrogens with one attached hydrogen (secondary N) is 1. The zero-order chi connectivity index (χ0) is 12.5. The van der Waals surface area contributed by atoms with Crippen LogP contribution < -0.4 is 5.32 Å². The molecule has 0 radical (unpaired) electrons. The molecule has 4 nitrogen and oxygen atoms in total. The third-order valence-electron chi connectivity index (χ3n) is 4.05. The van der Waals surface area contributed by atoms with E-state index in [1.54, 1.807) is 4.31 Å². The Labute approximate surface area is 105 Å². The molecule has 1 heterocycles. The van der Waals surface area contributed by atoms with Gasteiger partial charge in [0, 0.05) is 25.7 Å². The van der Waals surface area contributed by atoms with E-state index in [9.17, 15) is 8.42 Å². The molecule has 0 bridgehead atoms. The standard InChI is InChI=1S/C12H24N2O2S/c1-12(2)10-13-8-9-14(17(12,15)16)11-6-4-3-5-7-11/h11,13H,3-10H2,1-2H3. The average Bonchev–Trinajstić information content (AvgIpc) is 2.38. The second kappa shape index (κ2) is 4.86. The zero-order valence-corrected chi connectivity index (χ0v) is 11.7. The predicted molar refractivity (Wildman–Crippen MR) is 69.4 cm³/mol. The lowest BCUT2D eigenvalue weighted by Gasteiger charge is -2.36. The van der Waals surface area contributed by atoms with Crippen molar-refractivity contribution in [2.24, 2.45) is 0 Å². The second-order valence-corrected chi connectivity index (χ2v) is 8.37. The molecule has 1 aliphatic carbocycles. The van der Waals surface area contributed by atoms with Gasteiger partial charge in [-0.05, 0) is 26.7 Å². The Kier molecular flexibility index (Phi) is 3.80. The van der Waals surface area contributed by atoms with Gasteiger partial charge in [-0.1, -0.05) is 19.3 Å². The molecule has 0 amide bonds. The molecular formula is C12H24N2O2S. The van der Waals surface area contributed by atoms with E-state index in [-0.39, 0.29) is 6.04 Å². The minimum atomic E-state index is -3.17. The minimum absolute atomic E-state index is 0.243. The smallest absolute Gasteiger partial charge is 0.220 e. The maximum Gasteiger partial charge on any atom is 0.220 e. The van der Waals surface area contributed by atoms with Gasteiger partial charge in [0.05, 0.1) is 4.75 Å². The number of nitrogens with zero attached hydrogens (tertiary/aromatic N) is 1. The molecule has 1 saturated carbocycles. The molecule has 0 aromatic carbocycles. The number of rotatable bonds is 1. The van der Waals surface area contributed by atoms with Crippen LogP contribution in [-0.4, -0.2) is 43.1 Å². The summed E-state index contributed by atoms with van der Waals surface area (Å²) in [7, 11) is -3.17. The number of sulfonamides is 1. The van der Waals surface area contributed by atoms with Crippen LogP contribution in [0.15, 0.2) is 0 Å². The summed E-state index contributed by atoms with van der Waals surface area (Å²) in [5, 5.41) is 3.24. The highest BCUT2D eigenvalue weighted by molar-refractivity contribution is 7.90. The van der Waals surface area contributed by atoms with Gasteiger partial charge in [-0.15, -0.1) is 0 Å². The van der Waals surface area contributed by atoms with Gasteiger partial charge in [0.25, 0.3) is 0 Å². The van der Waals surface area contributed by atoms with Gasteiger partial charge < -0.3 is 5.32 Å². The Morgan fingerprint density at radius 3 is 2.47 bits per heavy atom. The van der Waals surface area contributed by atoms with Crippen LogP contribution in [0.2, 0.25) is 0 Å². The van der Waals surface area contributed by atoms with Crippen LogP contribution in [-0.2, 0) is 10.0 Å². The lowest BCUT2D eigenvalue weighted by atomic mass is 9.95. The summed E-state index contributed by atoms with van der Waals surface area (Å²) in [6, 6.07) is 0.243. The molecule has 1 aliphatic heterocycles. The first kappa shape index (κ1) is 13.3. The molecule has 1 saturated heterocycles. The monoisotopic (exact) mass is 260 g/mol. The molecule has 0 unspecified atom stereocenters. The maximum absolute atomic E-state index is 12.6. The first-order valence-corrected chi connectivity index (χ1v) is 8.11. The second-order valence-electron chi connectivity index (χ2n) is 5.84. The van der Waals surface area contributed by atoms with Crippen LogP contribution >= 0.6 is 0 Å². The maximum atomic E-state index is 12.6. The van der Waals surface area contributed by atoms with Crippen LogP contribution in [0.5, 0.6) is 0 Å². The third-order valence-corrected chi connectivity index (χ3v) is 6.69. The van der Waals surface area contributed by atoms with Crippen LogP contribution in [0, 0.1) is 0 Å². The fraction of sp³-hybridized carbons (Fsp3) is 1.00. The largest absolute Gasteiger partial charge is 0.314 e. The van der Waals surface area contributed by atoms with Gasteiger partial charge in [-0.3, -0.25) is 0 Å². The molecule has 0 spiro atoms. The summed E-state index contributed by atoms with van der Waals surface area (Å²) < 4.78 is 26.4. The zero-order valence-electron chi connectivity index (χ0n) is 10.9. The van der Waals surface area contributed by atoms with E-state index in [0.29, 0.717) is 13.1 Å². The van der Waals surface area contributed by atoms with E-state index >= 15 is 0 Å². The average molecular weight is 260 g/mol. The molecule has 2 rings (SSSR count). The SMILES string of the molecule is CC1(C)CNCCN(C2CCCCC2)S1(=O)=O. The molecule has 5 heteroatoms. The van der Waals surface area contributed by atoms with E-state index in [0.717, 1.165) is 19.4 Å². The van der Waals surface area contributed by atoms with Crippen LogP contribution in [0.4, 0.5) is 0 Å². The molecule has 17 heavy (non-hydrogen) atoms. The van der Waals surface area contributed by atoms with Crippen molar-refractivity contribution < 1.29 is 8.42 Å². The molecule has 2 aliphatic rings. The fourth-order valence-corrected chi connectivity index (χ4v) is 4.71. The van der Waals surface area contributed by atoms with Gasteiger partial charge in [0.2, 0.25) is 10.0 Å². The van der Waals surface area contributed by atoms with Crippen LogP contribution in [0.1, 0.15) is 46.0 Å². The Bertz CT molecular complexity index is 359. The summed E-state index contributed by atoms with van der Waals surface area (Å²) >= 11 is 0. The highest BCUT2D eigenvalue weighted by Crippen LogP contribution is 2.30. The van der Waals surface area contributed by atoms with Crippen molar-refractivity contribution in [3.8, 4) is 0 Å². The van der Waals surface area contributed by atoms with Gasteiger partial charge >= 0.3 is 0 Å². The minimum Gasteiger partial charge on any atom is -0.314 e. The van der Waals surface area contributed by atoms with E-state index in [4.69, 9.17) is 0 Å².